The summed E-state index contributed by atoms with van der Waals surface area (Å²) in [5.41, 5.74) is 1.49. The number of hydrogen-bond acceptors (Lipinski definition) is 2. The fourth-order valence-corrected chi connectivity index (χ4v) is 1.80. The number of fused-ring (bicyclic) bond motifs is 1. The number of aromatic nitrogens is 1. The molecule has 1 amide bonds. The van der Waals surface area contributed by atoms with E-state index in [9.17, 15) is 9.59 Å². The Morgan fingerprint density at radius 2 is 2.06 bits per heavy atom. The predicted molar refractivity (Wildman–Crippen MR) is 67.5 cm³/mol. The smallest absolute Gasteiger partial charge is 0.303 e. The monoisotopic (exact) mass is 246 g/mol. The van der Waals surface area contributed by atoms with Crippen molar-refractivity contribution in [2.75, 3.05) is 6.54 Å². The summed E-state index contributed by atoms with van der Waals surface area (Å²) < 4.78 is 0. The van der Waals surface area contributed by atoms with Crippen LogP contribution in [0.4, 0.5) is 0 Å². The lowest BCUT2D eigenvalue weighted by molar-refractivity contribution is -0.137. The van der Waals surface area contributed by atoms with Crippen molar-refractivity contribution in [2.24, 2.45) is 0 Å². The highest BCUT2D eigenvalue weighted by atomic mass is 16.4. The molecule has 2 aromatic rings. The van der Waals surface area contributed by atoms with Gasteiger partial charge in [-0.1, -0.05) is 18.2 Å². The van der Waals surface area contributed by atoms with E-state index in [1.165, 1.54) is 0 Å². The van der Waals surface area contributed by atoms with Gasteiger partial charge in [0.25, 0.3) is 5.91 Å². The quantitative estimate of drug-likeness (QED) is 0.703. The molecule has 0 unspecified atom stereocenters. The van der Waals surface area contributed by atoms with Crippen molar-refractivity contribution in [3.05, 3.63) is 36.0 Å². The van der Waals surface area contributed by atoms with Gasteiger partial charge < -0.3 is 15.4 Å². The van der Waals surface area contributed by atoms with Crippen LogP contribution in [0.1, 0.15) is 23.2 Å². The van der Waals surface area contributed by atoms with Gasteiger partial charge in [-0.25, -0.2) is 0 Å². The Balaban J connectivity index is 1.99. The van der Waals surface area contributed by atoms with Crippen LogP contribution in [0.2, 0.25) is 0 Å². The summed E-state index contributed by atoms with van der Waals surface area (Å²) in [6.07, 6.45) is 2.16. The topological polar surface area (TPSA) is 82.2 Å². The molecule has 18 heavy (non-hydrogen) atoms. The normalized spacial score (nSPS) is 10.4. The number of aliphatic carboxylic acids is 1. The number of aromatic amines is 1. The number of amides is 1. The summed E-state index contributed by atoms with van der Waals surface area (Å²) in [7, 11) is 0. The van der Waals surface area contributed by atoms with E-state index in [1.807, 2.05) is 24.3 Å². The maximum absolute atomic E-state index is 11.9. The number of carbonyl (C=O) groups is 2. The van der Waals surface area contributed by atoms with E-state index in [0.29, 0.717) is 18.5 Å². The molecule has 0 bridgehead atoms. The second-order valence-electron chi connectivity index (χ2n) is 4.00. The number of hydrogen-bond donors (Lipinski definition) is 3. The van der Waals surface area contributed by atoms with E-state index in [-0.39, 0.29) is 12.3 Å². The SMILES string of the molecule is O=C(O)CCCNC(=O)c1c[nH]c2ccccc12. The van der Waals surface area contributed by atoms with Crippen LogP contribution in [0.15, 0.2) is 30.5 Å². The minimum atomic E-state index is -0.851. The molecule has 1 aromatic heterocycles. The second kappa shape index (κ2) is 5.35. The fraction of sp³-hybridized carbons (Fsp3) is 0.231. The maximum atomic E-state index is 11.9. The van der Waals surface area contributed by atoms with E-state index in [4.69, 9.17) is 5.11 Å². The van der Waals surface area contributed by atoms with Crippen molar-refractivity contribution in [1.82, 2.24) is 10.3 Å². The number of nitrogens with one attached hydrogen (secondary N) is 2. The van der Waals surface area contributed by atoms with E-state index in [0.717, 1.165) is 10.9 Å². The lowest BCUT2D eigenvalue weighted by Crippen LogP contribution is -2.24. The predicted octanol–water partition coefficient (Wildman–Crippen LogP) is 1.76. The molecule has 94 valence electrons. The Bertz CT molecular complexity index is 574. The third-order valence-electron chi connectivity index (χ3n) is 2.69. The van der Waals surface area contributed by atoms with Gasteiger partial charge in [-0.15, -0.1) is 0 Å². The van der Waals surface area contributed by atoms with Crippen molar-refractivity contribution in [2.45, 2.75) is 12.8 Å². The van der Waals surface area contributed by atoms with Gasteiger partial charge in [0.1, 0.15) is 0 Å². The van der Waals surface area contributed by atoms with Gasteiger partial charge in [-0.2, -0.15) is 0 Å². The molecule has 1 aromatic carbocycles. The average molecular weight is 246 g/mol. The third kappa shape index (κ3) is 2.68. The first kappa shape index (κ1) is 12.2. The number of H-pyrrole nitrogens is 1. The van der Waals surface area contributed by atoms with Gasteiger partial charge in [-0.05, 0) is 12.5 Å². The minimum Gasteiger partial charge on any atom is -0.481 e. The molecule has 0 aliphatic rings. The molecule has 2 rings (SSSR count). The van der Waals surface area contributed by atoms with E-state index >= 15 is 0 Å². The van der Waals surface area contributed by atoms with E-state index in [1.54, 1.807) is 6.20 Å². The zero-order valence-corrected chi connectivity index (χ0v) is 9.77. The van der Waals surface area contributed by atoms with Gasteiger partial charge in [-0.3, -0.25) is 9.59 Å². The first-order chi connectivity index (χ1) is 8.68. The molecule has 0 fully saturated rings. The van der Waals surface area contributed by atoms with Crippen LogP contribution in [0.5, 0.6) is 0 Å². The Morgan fingerprint density at radius 1 is 1.28 bits per heavy atom. The van der Waals surface area contributed by atoms with Gasteiger partial charge in [0.05, 0.1) is 5.56 Å². The number of benzene rings is 1. The Kier molecular flexibility index (Phi) is 3.62. The minimum absolute atomic E-state index is 0.0637. The zero-order chi connectivity index (χ0) is 13.0. The number of carboxylic acid groups (broad SMARTS) is 1. The summed E-state index contributed by atoms with van der Waals surface area (Å²) in [4.78, 5) is 25.2. The fourth-order valence-electron chi connectivity index (χ4n) is 1.80. The molecule has 3 N–H and O–H groups in total. The highest BCUT2D eigenvalue weighted by molar-refractivity contribution is 6.06. The second-order valence-corrected chi connectivity index (χ2v) is 4.00. The molecule has 0 saturated heterocycles. The summed E-state index contributed by atoms with van der Waals surface area (Å²) in [5.74, 6) is -1.03. The van der Waals surface area contributed by atoms with Gasteiger partial charge >= 0.3 is 5.97 Å². The molecule has 0 spiro atoms. The van der Waals surface area contributed by atoms with E-state index < -0.39 is 5.97 Å². The number of carbonyl (C=O) groups excluding carboxylic acids is 1. The molecule has 5 heteroatoms. The average Bonchev–Trinajstić information content (AvgIpc) is 2.78. The highest BCUT2D eigenvalue weighted by Gasteiger charge is 2.10. The van der Waals surface area contributed by atoms with Crippen LogP contribution >= 0.6 is 0 Å². The standard InChI is InChI=1S/C13H14N2O3/c16-12(17)6-3-7-14-13(18)10-8-15-11-5-2-1-4-9(10)11/h1-2,4-5,8,15H,3,6-7H2,(H,14,18)(H,16,17). The van der Waals surface area contributed by atoms with Crippen LogP contribution < -0.4 is 5.32 Å². The summed E-state index contributed by atoms with van der Waals surface area (Å²) in [5, 5.41) is 12.1. The van der Waals surface area contributed by atoms with Crippen molar-refractivity contribution < 1.29 is 14.7 Å². The third-order valence-corrected chi connectivity index (χ3v) is 2.69. The molecule has 0 aliphatic carbocycles. The summed E-state index contributed by atoms with van der Waals surface area (Å²) in [6.45, 7) is 0.366. The van der Waals surface area contributed by atoms with Gasteiger partial charge in [0.15, 0.2) is 0 Å². The Labute approximate surface area is 104 Å². The van der Waals surface area contributed by atoms with Gasteiger partial charge in [0, 0.05) is 30.1 Å². The number of para-hydroxylation sites is 1. The van der Waals surface area contributed by atoms with E-state index in [2.05, 4.69) is 10.3 Å². The van der Waals surface area contributed by atoms with Crippen LogP contribution in [0, 0.1) is 0 Å². The highest BCUT2D eigenvalue weighted by Crippen LogP contribution is 2.17. The first-order valence-electron chi connectivity index (χ1n) is 5.74. The molecule has 0 saturated carbocycles. The summed E-state index contributed by atoms with van der Waals surface area (Å²) in [6, 6.07) is 7.54. The van der Waals surface area contributed by atoms with Crippen LogP contribution in [0.3, 0.4) is 0 Å². The van der Waals surface area contributed by atoms with Crippen molar-refractivity contribution in [1.29, 1.82) is 0 Å². The van der Waals surface area contributed by atoms with Gasteiger partial charge in [0.2, 0.25) is 0 Å². The maximum Gasteiger partial charge on any atom is 0.303 e. The van der Waals surface area contributed by atoms with Crippen molar-refractivity contribution in [3.8, 4) is 0 Å². The Hall–Kier alpha value is -2.30. The number of rotatable bonds is 5. The lowest BCUT2D eigenvalue weighted by Gasteiger charge is -2.02. The van der Waals surface area contributed by atoms with Crippen molar-refractivity contribution in [3.63, 3.8) is 0 Å². The molecule has 0 radical (unpaired) electrons. The summed E-state index contributed by atoms with van der Waals surface area (Å²) >= 11 is 0. The number of carboxylic acids is 1. The largest absolute Gasteiger partial charge is 0.481 e. The molecular formula is C13H14N2O3. The van der Waals surface area contributed by atoms with Crippen LogP contribution in [-0.2, 0) is 4.79 Å². The first-order valence-corrected chi connectivity index (χ1v) is 5.74. The molecule has 1 heterocycles. The van der Waals surface area contributed by atoms with Crippen molar-refractivity contribution >= 4 is 22.8 Å². The molecule has 0 aliphatic heterocycles. The van der Waals surface area contributed by atoms with Crippen LogP contribution in [-0.4, -0.2) is 28.5 Å². The Morgan fingerprint density at radius 3 is 2.83 bits per heavy atom. The lowest BCUT2D eigenvalue weighted by atomic mass is 10.1. The zero-order valence-electron chi connectivity index (χ0n) is 9.77. The van der Waals surface area contributed by atoms with Crippen LogP contribution in [0.25, 0.3) is 10.9 Å². The molecule has 0 atom stereocenters. The molecule has 5 nitrogen and oxygen atoms in total. The molecular weight excluding hydrogens is 232 g/mol.